The maximum absolute atomic E-state index is 10.7. The van der Waals surface area contributed by atoms with E-state index < -0.39 is 24.0 Å². The average molecular weight is 233 g/mol. The molecular formula is C9H15NO6. The molecule has 1 unspecified atom stereocenters. The van der Waals surface area contributed by atoms with Crippen LogP contribution >= 0.6 is 0 Å². The van der Waals surface area contributed by atoms with Crippen LogP contribution in [0.1, 0.15) is 13.8 Å². The molecule has 0 aromatic rings. The van der Waals surface area contributed by atoms with Crippen molar-refractivity contribution in [2.24, 2.45) is 5.73 Å². The normalized spacial score (nSPS) is 11.4. The van der Waals surface area contributed by atoms with E-state index in [-0.39, 0.29) is 19.8 Å². The molecule has 0 radical (unpaired) electrons. The lowest BCUT2D eigenvalue weighted by Gasteiger charge is -2.16. The van der Waals surface area contributed by atoms with Crippen molar-refractivity contribution in [2.45, 2.75) is 20.0 Å². The maximum atomic E-state index is 10.7. The zero-order valence-corrected chi connectivity index (χ0v) is 9.23. The number of ether oxygens (including phenoxy) is 3. The number of nitrogens with two attached hydrogens (primary N) is 1. The molecular weight excluding hydrogens is 218 g/mol. The van der Waals surface area contributed by atoms with E-state index in [4.69, 9.17) is 10.5 Å². The number of carbonyl (C=O) groups is 3. The minimum atomic E-state index is -0.808. The highest BCUT2D eigenvalue weighted by molar-refractivity contribution is 5.71. The van der Waals surface area contributed by atoms with Crippen molar-refractivity contribution in [2.75, 3.05) is 19.8 Å². The summed E-state index contributed by atoms with van der Waals surface area (Å²) in [6.45, 7) is 1.80. The minimum Gasteiger partial charge on any atom is -0.462 e. The van der Waals surface area contributed by atoms with Crippen LogP contribution in [0.3, 0.4) is 0 Å². The summed E-state index contributed by atoms with van der Waals surface area (Å²) >= 11 is 0. The molecule has 0 rings (SSSR count). The van der Waals surface area contributed by atoms with Gasteiger partial charge in [-0.1, -0.05) is 0 Å². The van der Waals surface area contributed by atoms with Gasteiger partial charge in [0.2, 0.25) is 0 Å². The number of esters is 3. The van der Waals surface area contributed by atoms with E-state index >= 15 is 0 Å². The molecule has 0 aromatic heterocycles. The van der Waals surface area contributed by atoms with Crippen LogP contribution in [0.2, 0.25) is 0 Å². The zero-order valence-electron chi connectivity index (χ0n) is 9.23. The summed E-state index contributed by atoms with van der Waals surface area (Å²) in [7, 11) is 0. The van der Waals surface area contributed by atoms with Crippen LogP contribution in [-0.4, -0.2) is 43.8 Å². The van der Waals surface area contributed by atoms with Crippen LogP contribution in [0.4, 0.5) is 0 Å². The fraction of sp³-hybridized carbons (Fsp3) is 0.667. The molecule has 0 bridgehead atoms. The first-order valence-corrected chi connectivity index (χ1v) is 4.62. The summed E-state index contributed by atoms with van der Waals surface area (Å²) in [5, 5.41) is 0. The number of hydrogen-bond acceptors (Lipinski definition) is 7. The number of carbonyl (C=O) groups excluding carboxylic acids is 3. The molecule has 2 N–H and O–H groups in total. The van der Waals surface area contributed by atoms with Crippen LogP contribution in [0.5, 0.6) is 0 Å². The molecule has 0 saturated carbocycles. The van der Waals surface area contributed by atoms with Crippen molar-refractivity contribution in [1.82, 2.24) is 0 Å². The van der Waals surface area contributed by atoms with Crippen LogP contribution in [0, 0.1) is 0 Å². The molecule has 7 nitrogen and oxygen atoms in total. The lowest BCUT2D eigenvalue weighted by molar-refractivity contribution is -0.164. The third-order valence-corrected chi connectivity index (χ3v) is 1.40. The highest BCUT2D eigenvalue weighted by Crippen LogP contribution is 1.97. The molecule has 0 aliphatic heterocycles. The number of hydrogen-bond donors (Lipinski definition) is 1. The van der Waals surface area contributed by atoms with Gasteiger partial charge in [-0.3, -0.25) is 14.4 Å². The highest BCUT2D eigenvalue weighted by Gasteiger charge is 2.16. The van der Waals surface area contributed by atoms with Gasteiger partial charge in [-0.25, -0.2) is 0 Å². The molecule has 0 fully saturated rings. The topological polar surface area (TPSA) is 105 Å². The largest absolute Gasteiger partial charge is 0.462 e. The predicted molar refractivity (Wildman–Crippen MR) is 52.2 cm³/mol. The van der Waals surface area contributed by atoms with Crippen LogP contribution in [-0.2, 0) is 28.6 Å². The minimum absolute atomic E-state index is 0.160. The second-order valence-corrected chi connectivity index (χ2v) is 2.92. The third-order valence-electron chi connectivity index (χ3n) is 1.40. The SMILES string of the molecule is CC(=O)OCC(COC(=O)CN)OC(C)=O. The lowest BCUT2D eigenvalue weighted by atomic mass is 10.4. The fourth-order valence-corrected chi connectivity index (χ4v) is 0.806. The molecule has 16 heavy (non-hydrogen) atoms. The Bertz CT molecular complexity index is 265. The average Bonchev–Trinajstić information content (AvgIpc) is 2.20. The zero-order chi connectivity index (χ0) is 12.6. The Morgan fingerprint density at radius 2 is 1.62 bits per heavy atom. The van der Waals surface area contributed by atoms with Crippen LogP contribution < -0.4 is 5.73 Å². The van der Waals surface area contributed by atoms with Crippen LogP contribution in [0.25, 0.3) is 0 Å². The lowest BCUT2D eigenvalue weighted by Crippen LogP contribution is -2.31. The Morgan fingerprint density at radius 3 is 2.06 bits per heavy atom. The maximum Gasteiger partial charge on any atom is 0.319 e. The van der Waals surface area contributed by atoms with E-state index in [1.807, 2.05) is 0 Å². The first-order chi connectivity index (χ1) is 7.45. The van der Waals surface area contributed by atoms with Crippen molar-refractivity contribution in [3.8, 4) is 0 Å². The molecule has 7 heteroatoms. The second-order valence-electron chi connectivity index (χ2n) is 2.92. The first-order valence-electron chi connectivity index (χ1n) is 4.62. The van der Waals surface area contributed by atoms with Gasteiger partial charge in [-0.15, -0.1) is 0 Å². The van der Waals surface area contributed by atoms with Gasteiger partial charge in [-0.2, -0.15) is 0 Å². The second kappa shape index (κ2) is 7.63. The van der Waals surface area contributed by atoms with E-state index in [2.05, 4.69) is 9.47 Å². The summed E-state index contributed by atoms with van der Waals surface area (Å²) in [6, 6.07) is 0. The van der Waals surface area contributed by atoms with Gasteiger partial charge < -0.3 is 19.9 Å². The molecule has 0 amide bonds. The van der Waals surface area contributed by atoms with Crippen molar-refractivity contribution in [1.29, 1.82) is 0 Å². The summed E-state index contributed by atoms with van der Waals surface area (Å²) in [6.07, 6.45) is -0.808. The molecule has 0 spiro atoms. The Labute approximate surface area is 92.8 Å². The van der Waals surface area contributed by atoms with Crippen molar-refractivity contribution >= 4 is 17.9 Å². The summed E-state index contributed by atoms with van der Waals surface area (Å²) in [5.74, 6) is -1.69. The van der Waals surface area contributed by atoms with Crippen molar-refractivity contribution < 1.29 is 28.6 Å². The van der Waals surface area contributed by atoms with Gasteiger partial charge in [0.1, 0.15) is 13.2 Å². The molecule has 0 aromatic carbocycles. The van der Waals surface area contributed by atoms with E-state index in [1.165, 1.54) is 13.8 Å². The van der Waals surface area contributed by atoms with Gasteiger partial charge >= 0.3 is 17.9 Å². The predicted octanol–water partition coefficient (Wildman–Crippen LogP) is -1.02. The summed E-state index contributed by atoms with van der Waals surface area (Å²) < 4.78 is 14.0. The molecule has 0 aliphatic rings. The standard InChI is InChI=1S/C9H15NO6/c1-6(11)14-4-8(16-7(2)12)5-15-9(13)3-10/h8H,3-5,10H2,1-2H3. The first kappa shape index (κ1) is 14.4. The van der Waals surface area contributed by atoms with Crippen molar-refractivity contribution in [3.05, 3.63) is 0 Å². The van der Waals surface area contributed by atoms with E-state index in [9.17, 15) is 14.4 Å². The summed E-state index contributed by atoms with van der Waals surface area (Å²) in [4.78, 5) is 32.0. The Kier molecular flexibility index (Phi) is 6.86. The Morgan fingerprint density at radius 1 is 1.06 bits per heavy atom. The molecule has 0 aliphatic carbocycles. The van der Waals surface area contributed by atoms with E-state index in [1.54, 1.807) is 0 Å². The Balaban J connectivity index is 4.04. The van der Waals surface area contributed by atoms with Gasteiger partial charge in [0, 0.05) is 13.8 Å². The van der Waals surface area contributed by atoms with Crippen molar-refractivity contribution in [3.63, 3.8) is 0 Å². The molecule has 1 atom stereocenters. The smallest absolute Gasteiger partial charge is 0.319 e. The van der Waals surface area contributed by atoms with Gasteiger partial charge in [0.15, 0.2) is 6.10 Å². The monoisotopic (exact) mass is 233 g/mol. The third kappa shape index (κ3) is 7.74. The van der Waals surface area contributed by atoms with E-state index in [0.717, 1.165) is 0 Å². The molecule has 0 saturated heterocycles. The van der Waals surface area contributed by atoms with Crippen LogP contribution in [0.15, 0.2) is 0 Å². The Hall–Kier alpha value is -1.63. The quantitative estimate of drug-likeness (QED) is 0.462. The fourth-order valence-electron chi connectivity index (χ4n) is 0.806. The van der Waals surface area contributed by atoms with Gasteiger partial charge in [-0.05, 0) is 0 Å². The van der Waals surface area contributed by atoms with Gasteiger partial charge in [0.25, 0.3) is 0 Å². The highest BCUT2D eigenvalue weighted by atomic mass is 16.6. The number of rotatable bonds is 6. The van der Waals surface area contributed by atoms with Gasteiger partial charge in [0.05, 0.1) is 6.54 Å². The molecule has 92 valence electrons. The van der Waals surface area contributed by atoms with E-state index in [0.29, 0.717) is 0 Å². The molecule has 0 heterocycles. The summed E-state index contributed by atoms with van der Waals surface area (Å²) in [5.41, 5.74) is 5.01.